The van der Waals surface area contributed by atoms with Crippen LogP contribution in [0.25, 0.3) is 0 Å². The minimum absolute atomic E-state index is 0.367. The Morgan fingerprint density at radius 3 is 2.86 bits per heavy atom. The number of carboxylic acids is 1. The first kappa shape index (κ1) is 9.93. The van der Waals surface area contributed by atoms with E-state index in [4.69, 9.17) is 9.84 Å². The third-order valence-electron chi connectivity index (χ3n) is 3.13. The van der Waals surface area contributed by atoms with Gasteiger partial charge in [-0.2, -0.15) is 0 Å². The summed E-state index contributed by atoms with van der Waals surface area (Å²) in [7, 11) is 0. The Hall–Kier alpha value is -0.610. The van der Waals surface area contributed by atoms with Crippen LogP contribution in [0, 0.1) is 11.3 Å². The van der Waals surface area contributed by atoms with Crippen LogP contribution in [0.4, 0.5) is 0 Å². The summed E-state index contributed by atoms with van der Waals surface area (Å²) in [5, 5.41) is 12.2. The zero-order chi connectivity index (χ0) is 10.0. The zero-order valence-corrected chi connectivity index (χ0v) is 8.29. The lowest BCUT2D eigenvalue weighted by Crippen LogP contribution is -2.38. The van der Waals surface area contributed by atoms with Gasteiger partial charge in [0, 0.05) is 13.2 Å². The van der Waals surface area contributed by atoms with E-state index in [9.17, 15) is 4.79 Å². The first-order valence-corrected chi connectivity index (χ1v) is 5.25. The zero-order valence-electron chi connectivity index (χ0n) is 8.29. The summed E-state index contributed by atoms with van der Waals surface area (Å²) in [5.74, 6) is -0.0199. The summed E-state index contributed by atoms with van der Waals surface area (Å²) in [4.78, 5) is 11.1. The summed E-state index contributed by atoms with van der Waals surface area (Å²) in [6.45, 7) is 2.45. The predicted octanol–water partition coefficient (Wildman–Crippen LogP) is 0.477. The maximum atomic E-state index is 11.1. The van der Waals surface area contributed by atoms with Crippen molar-refractivity contribution in [3.05, 3.63) is 0 Å². The first-order chi connectivity index (χ1) is 6.73. The van der Waals surface area contributed by atoms with E-state index in [-0.39, 0.29) is 0 Å². The highest BCUT2D eigenvalue weighted by atomic mass is 16.5. The fraction of sp³-hybridized carbons (Fsp3) is 0.900. The molecule has 0 spiro atoms. The maximum Gasteiger partial charge on any atom is 0.313 e. The fourth-order valence-corrected chi connectivity index (χ4v) is 1.82. The van der Waals surface area contributed by atoms with Crippen molar-refractivity contribution < 1.29 is 14.6 Å². The van der Waals surface area contributed by atoms with E-state index < -0.39 is 11.4 Å². The van der Waals surface area contributed by atoms with Crippen molar-refractivity contribution in [3.8, 4) is 0 Å². The molecule has 1 saturated carbocycles. The van der Waals surface area contributed by atoms with Crippen molar-refractivity contribution in [1.29, 1.82) is 0 Å². The van der Waals surface area contributed by atoms with Gasteiger partial charge in [-0.25, -0.2) is 0 Å². The van der Waals surface area contributed by atoms with E-state index in [0.717, 1.165) is 13.2 Å². The molecule has 4 nitrogen and oxygen atoms in total. The topological polar surface area (TPSA) is 58.6 Å². The quantitative estimate of drug-likeness (QED) is 0.676. The highest BCUT2D eigenvalue weighted by Gasteiger charge is 2.42. The number of carboxylic acid groups (broad SMARTS) is 1. The van der Waals surface area contributed by atoms with Crippen LogP contribution in [0.2, 0.25) is 0 Å². The molecule has 0 amide bonds. The van der Waals surface area contributed by atoms with E-state index in [2.05, 4.69) is 5.32 Å². The molecule has 2 N–H and O–H groups in total. The average Bonchev–Trinajstić information content (AvgIpc) is 2.82. The second kappa shape index (κ2) is 3.87. The molecule has 0 aromatic rings. The number of rotatable bonds is 5. The predicted molar refractivity (Wildman–Crippen MR) is 51.1 cm³/mol. The molecule has 1 unspecified atom stereocenters. The van der Waals surface area contributed by atoms with Crippen molar-refractivity contribution in [1.82, 2.24) is 5.32 Å². The van der Waals surface area contributed by atoms with Gasteiger partial charge in [0.25, 0.3) is 0 Å². The largest absolute Gasteiger partial charge is 0.481 e. The number of hydrogen-bond acceptors (Lipinski definition) is 3. The Bertz CT molecular complexity index is 219. The van der Waals surface area contributed by atoms with Crippen molar-refractivity contribution in [2.45, 2.75) is 19.3 Å². The van der Waals surface area contributed by atoms with E-state index in [1.54, 1.807) is 0 Å². The lowest BCUT2D eigenvalue weighted by Gasteiger charge is -2.22. The van der Waals surface area contributed by atoms with E-state index in [1.165, 1.54) is 12.8 Å². The Morgan fingerprint density at radius 1 is 1.57 bits per heavy atom. The minimum Gasteiger partial charge on any atom is -0.481 e. The second-order valence-electron chi connectivity index (χ2n) is 4.47. The van der Waals surface area contributed by atoms with Gasteiger partial charge in [-0.15, -0.1) is 0 Å². The number of aliphatic carboxylic acids is 1. The van der Waals surface area contributed by atoms with E-state index >= 15 is 0 Å². The van der Waals surface area contributed by atoms with Crippen LogP contribution in [-0.2, 0) is 9.53 Å². The molecule has 80 valence electrons. The van der Waals surface area contributed by atoms with Gasteiger partial charge < -0.3 is 15.2 Å². The molecule has 2 aliphatic rings. The van der Waals surface area contributed by atoms with E-state index in [1.807, 2.05) is 0 Å². The van der Waals surface area contributed by atoms with Gasteiger partial charge in [-0.3, -0.25) is 4.79 Å². The van der Waals surface area contributed by atoms with Crippen LogP contribution in [-0.4, -0.2) is 37.4 Å². The van der Waals surface area contributed by atoms with Gasteiger partial charge in [0.2, 0.25) is 0 Å². The highest BCUT2D eigenvalue weighted by molar-refractivity contribution is 5.75. The Morgan fingerprint density at radius 2 is 2.36 bits per heavy atom. The van der Waals surface area contributed by atoms with Gasteiger partial charge in [-0.05, 0) is 31.7 Å². The van der Waals surface area contributed by atoms with Gasteiger partial charge in [-0.1, -0.05) is 0 Å². The molecular formula is C10H17NO3. The third-order valence-corrected chi connectivity index (χ3v) is 3.13. The lowest BCUT2D eigenvalue weighted by molar-refractivity contribution is -0.151. The lowest BCUT2D eigenvalue weighted by atomic mass is 9.88. The molecule has 1 atom stereocenters. The summed E-state index contributed by atoms with van der Waals surface area (Å²) in [6.07, 6.45) is 3.18. The molecular weight excluding hydrogens is 182 g/mol. The molecule has 0 radical (unpaired) electrons. The van der Waals surface area contributed by atoms with Crippen LogP contribution in [0.3, 0.4) is 0 Å². The first-order valence-electron chi connectivity index (χ1n) is 5.25. The van der Waals surface area contributed by atoms with Crippen LogP contribution in [0.1, 0.15) is 19.3 Å². The van der Waals surface area contributed by atoms with Crippen LogP contribution >= 0.6 is 0 Å². The van der Waals surface area contributed by atoms with Gasteiger partial charge in [0.15, 0.2) is 0 Å². The number of carbonyl (C=O) groups is 1. The second-order valence-corrected chi connectivity index (χ2v) is 4.47. The minimum atomic E-state index is -0.724. The smallest absolute Gasteiger partial charge is 0.313 e. The van der Waals surface area contributed by atoms with Crippen molar-refractivity contribution in [2.75, 3.05) is 26.3 Å². The molecule has 4 heteroatoms. The average molecular weight is 199 g/mol. The highest BCUT2D eigenvalue weighted by Crippen LogP contribution is 2.31. The molecule has 0 bridgehead atoms. The molecule has 1 saturated heterocycles. The number of nitrogens with one attached hydrogen (secondary N) is 1. The molecule has 1 heterocycles. The monoisotopic (exact) mass is 199 g/mol. The molecule has 1 aliphatic carbocycles. The number of hydrogen-bond donors (Lipinski definition) is 2. The standard InChI is InChI=1S/C10H17NO3/c12-9(13)10(3-4-11-6-10)7-14-5-8-1-2-8/h8,11H,1-7H2,(H,12,13). The summed E-state index contributed by atoms with van der Waals surface area (Å²) >= 11 is 0. The number of ether oxygens (including phenoxy) is 1. The van der Waals surface area contributed by atoms with E-state index in [0.29, 0.717) is 25.5 Å². The van der Waals surface area contributed by atoms with Crippen molar-refractivity contribution in [3.63, 3.8) is 0 Å². The fourth-order valence-electron chi connectivity index (χ4n) is 1.82. The van der Waals surface area contributed by atoms with Crippen molar-refractivity contribution in [2.24, 2.45) is 11.3 Å². The molecule has 0 aromatic heterocycles. The van der Waals surface area contributed by atoms with Gasteiger partial charge in [0.05, 0.1) is 6.61 Å². The Kier molecular flexibility index (Phi) is 2.74. The normalized spacial score (nSPS) is 32.0. The molecule has 2 rings (SSSR count). The van der Waals surface area contributed by atoms with Crippen molar-refractivity contribution >= 4 is 5.97 Å². The SMILES string of the molecule is O=C(O)C1(COCC2CC2)CCNC1. The van der Waals surface area contributed by atoms with Crippen LogP contribution in [0.15, 0.2) is 0 Å². The maximum absolute atomic E-state index is 11.1. The van der Waals surface area contributed by atoms with Crippen LogP contribution < -0.4 is 5.32 Å². The third kappa shape index (κ3) is 2.07. The summed E-state index contributed by atoms with van der Waals surface area (Å²) in [5.41, 5.74) is -0.658. The van der Waals surface area contributed by atoms with Crippen LogP contribution in [0.5, 0.6) is 0 Å². The Balaban J connectivity index is 1.80. The van der Waals surface area contributed by atoms with Gasteiger partial charge in [0.1, 0.15) is 5.41 Å². The Labute approximate surface area is 83.6 Å². The summed E-state index contributed by atoms with van der Waals surface area (Å²) < 4.78 is 5.49. The van der Waals surface area contributed by atoms with Gasteiger partial charge >= 0.3 is 5.97 Å². The molecule has 2 fully saturated rings. The molecule has 14 heavy (non-hydrogen) atoms. The molecule has 0 aromatic carbocycles. The summed E-state index contributed by atoms with van der Waals surface area (Å²) in [6, 6.07) is 0. The molecule has 1 aliphatic heterocycles.